The monoisotopic (exact) mass is 340 g/mol. The van der Waals surface area contributed by atoms with Crippen LogP contribution >= 0.6 is 0 Å². The maximum absolute atomic E-state index is 11.3. The molecule has 1 rings (SSSR count). The molecular weight excluding hydrogens is 308 g/mol. The summed E-state index contributed by atoms with van der Waals surface area (Å²) in [5, 5.41) is 11.3. The molecule has 0 fully saturated rings. The zero-order chi connectivity index (χ0) is 19.1. The van der Waals surface area contributed by atoms with Gasteiger partial charge < -0.3 is 9.84 Å². The lowest BCUT2D eigenvalue weighted by Crippen LogP contribution is -2.26. The van der Waals surface area contributed by atoms with Gasteiger partial charge in [0.05, 0.1) is 7.11 Å². The molecule has 0 radical (unpaired) electrons. The molecule has 1 aromatic carbocycles. The normalized spacial score (nSPS) is 14.8. The summed E-state index contributed by atoms with van der Waals surface area (Å²) in [6.07, 6.45) is 13.6. The molecule has 0 saturated carbocycles. The largest absolute Gasteiger partial charge is 0.497 e. The van der Waals surface area contributed by atoms with Crippen LogP contribution in [-0.4, -0.2) is 12.2 Å². The Kier molecular flexibility index (Phi) is 11.8. The topological polar surface area (TPSA) is 29.5 Å². The first-order chi connectivity index (χ1) is 12.1. The molecule has 1 unspecified atom stereocenters. The number of methoxy groups -OCH3 is 1. The lowest BCUT2D eigenvalue weighted by molar-refractivity contribution is 0.0795. The molecule has 1 atom stereocenters. The van der Waals surface area contributed by atoms with Gasteiger partial charge in [0.1, 0.15) is 11.4 Å². The number of allylic oxidation sites excluding steroid dienone is 6. The molecule has 1 aromatic rings. The highest BCUT2D eigenvalue weighted by Crippen LogP contribution is 2.33. The minimum Gasteiger partial charge on any atom is -0.497 e. The van der Waals surface area contributed by atoms with Crippen molar-refractivity contribution in [3.05, 3.63) is 96.3 Å². The third kappa shape index (κ3) is 7.40. The van der Waals surface area contributed by atoms with Gasteiger partial charge in [-0.2, -0.15) is 0 Å². The lowest BCUT2D eigenvalue weighted by atomic mass is 9.83. The van der Waals surface area contributed by atoms with Crippen LogP contribution in [0.5, 0.6) is 0 Å². The van der Waals surface area contributed by atoms with Gasteiger partial charge in [0.15, 0.2) is 0 Å². The SMILES string of the molecule is C=C/C(=C\C=C(/C)C(O)(C/C=C\C=C/C)c1ccccc1)OC.CC. The summed E-state index contributed by atoms with van der Waals surface area (Å²) in [7, 11) is 1.60. The molecule has 0 aliphatic rings. The molecule has 0 bridgehead atoms. The lowest BCUT2D eigenvalue weighted by Gasteiger charge is -2.29. The van der Waals surface area contributed by atoms with Crippen molar-refractivity contribution < 1.29 is 9.84 Å². The average molecular weight is 341 g/mol. The number of hydrogen-bond donors (Lipinski definition) is 1. The highest BCUT2D eigenvalue weighted by molar-refractivity contribution is 5.35. The van der Waals surface area contributed by atoms with Crippen LogP contribution in [0, 0.1) is 0 Å². The van der Waals surface area contributed by atoms with Crippen LogP contribution in [0.25, 0.3) is 0 Å². The molecule has 25 heavy (non-hydrogen) atoms. The first kappa shape index (κ1) is 22.7. The fourth-order valence-electron chi connectivity index (χ4n) is 2.21. The van der Waals surface area contributed by atoms with Gasteiger partial charge in [-0.25, -0.2) is 0 Å². The molecule has 2 heteroatoms. The molecular formula is C23H32O2. The zero-order valence-corrected chi connectivity index (χ0v) is 16.2. The Morgan fingerprint density at radius 3 is 2.32 bits per heavy atom. The zero-order valence-electron chi connectivity index (χ0n) is 16.2. The van der Waals surface area contributed by atoms with Crippen LogP contribution < -0.4 is 0 Å². The summed E-state index contributed by atoms with van der Waals surface area (Å²) in [5.41, 5.74) is 0.644. The van der Waals surface area contributed by atoms with E-state index in [0.29, 0.717) is 12.2 Å². The van der Waals surface area contributed by atoms with Crippen LogP contribution in [-0.2, 0) is 10.3 Å². The van der Waals surface area contributed by atoms with E-state index >= 15 is 0 Å². The van der Waals surface area contributed by atoms with Crippen molar-refractivity contribution in [1.29, 1.82) is 0 Å². The van der Waals surface area contributed by atoms with Crippen molar-refractivity contribution in [2.24, 2.45) is 0 Å². The van der Waals surface area contributed by atoms with Crippen molar-refractivity contribution in [3.8, 4) is 0 Å². The molecule has 0 aliphatic carbocycles. The van der Waals surface area contributed by atoms with E-state index in [1.807, 2.05) is 94.5 Å². The van der Waals surface area contributed by atoms with Crippen molar-refractivity contribution in [3.63, 3.8) is 0 Å². The van der Waals surface area contributed by atoms with Gasteiger partial charge in [-0.15, -0.1) is 0 Å². The smallest absolute Gasteiger partial charge is 0.118 e. The third-order valence-corrected chi connectivity index (χ3v) is 3.69. The van der Waals surface area contributed by atoms with Crippen LogP contribution in [0.15, 0.2) is 90.8 Å². The second-order valence-corrected chi connectivity index (χ2v) is 5.21. The predicted octanol–water partition coefficient (Wildman–Crippen LogP) is 6.09. The molecule has 0 saturated heterocycles. The fourth-order valence-corrected chi connectivity index (χ4v) is 2.21. The van der Waals surface area contributed by atoms with E-state index in [2.05, 4.69) is 6.58 Å². The number of rotatable bonds is 8. The number of aliphatic hydroxyl groups is 1. The Labute approximate surface area is 153 Å². The van der Waals surface area contributed by atoms with E-state index in [0.717, 1.165) is 11.1 Å². The fraction of sp³-hybridized carbons (Fsp3) is 0.304. The molecule has 2 nitrogen and oxygen atoms in total. The first-order valence-corrected chi connectivity index (χ1v) is 8.69. The van der Waals surface area contributed by atoms with Gasteiger partial charge >= 0.3 is 0 Å². The second kappa shape index (κ2) is 13.0. The molecule has 0 heterocycles. The summed E-state index contributed by atoms with van der Waals surface area (Å²) in [6.45, 7) is 11.6. The van der Waals surface area contributed by atoms with Crippen molar-refractivity contribution in [1.82, 2.24) is 0 Å². The van der Waals surface area contributed by atoms with Gasteiger partial charge in [0, 0.05) is 6.42 Å². The van der Waals surface area contributed by atoms with Gasteiger partial charge in [0.2, 0.25) is 0 Å². The summed E-state index contributed by atoms with van der Waals surface area (Å²) < 4.78 is 5.18. The quantitative estimate of drug-likeness (QED) is 0.458. The number of benzene rings is 1. The highest BCUT2D eigenvalue weighted by atomic mass is 16.5. The van der Waals surface area contributed by atoms with E-state index in [9.17, 15) is 5.11 Å². The van der Waals surface area contributed by atoms with Crippen LogP contribution in [0.1, 0.15) is 39.7 Å². The summed E-state index contributed by atoms with van der Waals surface area (Å²) in [4.78, 5) is 0. The summed E-state index contributed by atoms with van der Waals surface area (Å²) >= 11 is 0. The molecule has 0 spiro atoms. The van der Waals surface area contributed by atoms with Gasteiger partial charge in [-0.05, 0) is 37.1 Å². The van der Waals surface area contributed by atoms with Crippen molar-refractivity contribution in [2.75, 3.05) is 7.11 Å². The van der Waals surface area contributed by atoms with Crippen LogP contribution in [0.2, 0.25) is 0 Å². The molecule has 0 amide bonds. The summed E-state index contributed by atoms with van der Waals surface area (Å²) in [5.74, 6) is 0.657. The van der Waals surface area contributed by atoms with E-state index in [1.165, 1.54) is 0 Å². The Morgan fingerprint density at radius 2 is 1.80 bits per heavy atom. The Hall–Kier alpha value is -2.32. The Balaban J connectivity index is 0.00000277. The summed E-state index contributed by atoms with van der Waals surface area (Å²) in [6, 6.07) is 9.69. The van der Waals surface area contributed by atoms with Crippen molar-refractivity contribution in [2.45, 2.75) is 39.7 Å². The maximum Gasteiger partial charge on any atom is 0.118 e. The minimum atomic E-state index is -1.06. The minimum absolute atomic E-state index is 0.494. The van der Waals surface area contributed by atoms with Crippen LogP contribution in [0.4, 0.5) is 0 Å². The van der Waals surface area contributed by atoms with Crippen LogP contribution in [0.3, 0.4) is 0 Å². The second-order valence-electron chi connectivity index (χ2n) is 5.21. The van der Waals surface area contributed by atoms with Gasteiger partial charge in [0.25, 0.3) is 0 Å². The Bertz CT molecular complexity index is 606. The number of hydrogen-bond acceptors (Lipinski definition) is 2. The van der Waals surface area contributed by atoms with E-state index in [4.69, 9.17) is 4.74 Å². The predicted molar refractivity (Wildman–Crippen MR) is 109 cm³/mol. The number of ether oxygens (including phenoxy) is 1. The molecule has 0 aliphatic heterocycles. The van der Waals surface area contributed by atoms with Crippen molar-refractivity contribution >= 4 is 0 Å². The van der Waals surface area contributed by atoms with Gasteiger partial charge in [-0.1, -0.05) is 81.1 Å². The van der Waals surface area contributed by atoms with E-state index in [-0.39, 0.29) is 0 Å². The maximum atomic E-state index is 11.3. The van der Waals surface area contributed by atoms with E-state index < -0.39 is 5.60 Å². The third-order valence-electron chi connectivity index (χ3n) is 3.69. The standard InChI is InChI=1S/C21H26O2.C2H6/c1-5-7-8-12-17-21(22,19-13-10-9-11-14-19)18(3)15-16-20(6-2)23-4;1-2/h5-16,22H,2,17H2,1,3-4H3;1-2H3/b7-5-,12-8-,18-15+,20-16+;. The molecule has 1 N–H and O–H groups in total. The highest BCUT2D eigenvalue weighted by Gasteiger charge is 2.29. The average Bonchev–Trinajstić information content (AvgIpc) is 2.68. The Morgan fingerprint density at radius 1 is 1.16 bits per heavy atom. The molecule has 0 aromatic heterocycles. The van der Waals surface area contributed by atoms with E-state index in [1.54, 1.807) is 13.2 Å². The first-order valence-electron chi connectivity index (χ1n) is 8.69. The molecule has 136 valence electrons. The van der Waals surface area contributed by atoms with Gasteiger partial charge in [-0.3, -0.25) is 0 Å².